The molecule has 3 aromatic rings. The van der Waals surface area contributed by atoms with Crippen molar-refractivity contribution < 1.29 is 13.6 Å². The van der Waals surface area contributed by atoms with Crippen molar-refractivity contribution in [3.63, 3.8) is 0 Å². The lowest BCUT2D eigenvalue weighted by Gasteiger charge is -2.42. The number of aldehydes is 1. The van der Waals surface area contributed by atoms with Crippen LogP contribution in [0.4, 0.5) is 8.78 Å². The Bertz CT molecular complexity index is 1260. The molecule has 4 nitrogen and oxygen atoms in total. The molecule has 1 aliphatic carbocycles. The van der Waals surface area contributed by atoms with Crippen molar-refractivity contribution in [1.29, 1.82) is 0 Å². The normalized spacial score (nSPS) is 20.4. The van der Waals surface area contributed by atoms with Crippen LogP contribution in [0.1, 0.15) is 17.7 Å². The second-order valence-electron chi connectivity index (χ2n) is 7.97. The first-order chi connectivity index (χ1) is 15.4. The molecule has 1 fully saturated rings. The summed E-state index contributed by atoms with van der Waals surface area (Å²) in [4.78, 5) is 13.3. The van der Waals surface area contributed by atoms with Gasteiger partial charge in [-0.2, -0.15) is 5.10 Å². The summed E-state index contributed by atoms with van der Waals surface area (Å²) in [5, 5.41) is 5.38. The van der Waals surface area contributed by atoms with E-state index >= 15 is 0 Å². The van der Waals surface area contributed by atoms with Crippen molar-refractivity contribution in [2.75, 3.05) is 13.1 Å². The molecule has 1 aliphatic heterocycles. The van der Waals surface area contributed by atoms with Crippen molar-refractivity contribution in [2.45, 2.75) is 17.7 Å². The fourth-order valence-corrected chi connectivity index (χ4v) is 5.74. The van der Waals surface area contributed by atoms with Crippen molar-refractivity contribution in [2.24, 2.45) is 5.41 Å². The average Bonchev–Trinajstić information content (AvgIpc) is 3.18. The van der Waals surface area contributed by atoms with E-state index < -0.39 is 17.0 Å². The number of rotatable bonds is 4. The van der Waals surface area contributed by atoms with Crippen LogP contribution in [0, 0.1) is 17.0 Å². The third kappa shape index (κ3) is 3.77. The summed E-state index contributed by atoms with van der Waals surface area (Å²) in [5.74, 6) is -1.83. The molecule has 2 heterocycles. The maximum atomic E-state index is 13.8. The molecule has 1 atom stereocenters. The molecule has 9 heteroatoms. The number of nitrogens with zero attached hydrogens (tertiary/aromatic N) is 3. The zero-order chi connectivity index (χ0) is 22.5. The molecule has 1 aromatic heterocycles. The van der Waals surface area contributed by atoms with E-state index in [9.17, 15) is 13.6 Å². The van der Waals surface area contributed by atoms with Gasteiger partial charge in [0.15, 0.2) is 11.6 Å². The number of halogens is 4. The largest absolute Gasteiger partial charge is 0.302 e. The first kappa shape index (κ1) is 21.6. The third-order valence-corrected chi connectivity index (χ3v) is 7.70. The quantitative estimate of drug-likeness (QED) is 0.331. The van der Waals surface area contributed by atoms with Gasteiger partial charge in [0, 0.05) is 24.1 Å². The molecule has 0 saturated carbocycles. The number of fused-ring (bicyclic) bond motifs is 2. The average molecular weight is 492 g/mol. The minimum Gasteiger partial charge on any atom is -0.302 e. The fraction of sp³-hybridized carbons (Fsp3) is 0.217. The number of carbonyl (C=O) groups excluding carboxylic acids is 1. The molecule has 5 rings (SSSR count). The molecular weight excluding hydrogens is 475 g/mol. The van der Waals surface area contributed by atoms with E-state index in [1.807, 2.05) is 18.2 Å². The second-order valence-corrected chi connectivity index (χ2v) is 9.95. The van der Waals surface area contributed by atoms with Crippen LogP contribution in [0.3, 0.4) is 0 Å². The smallest absolute Gasteiger partial charge is 0.160 e. The van der Waals surface area contributed by atoms with Crippen LogP contribution in [-0.4, -0.2) is 33.5 Å². The minimum absolute atomic E-state index is 0.438. The molecule has 32 heavy (non-hydrogen) atoms. The standard InChI is InChI=1S/C23H17Cl2F2N3OS/c24-18-3-2-17(9-19(18)25)32-29-6-5-15-7-22-14(10-23(15,12-29)13-31)11-28-30(22)16-1-4-20(26)21(27)8-16/h1-4,7-9,11,13H,5-6,10,12H2. The summed E-state index contributed by atoms with van der Waals surface area (Å²) in [7, 11) is 0. The van der Waals surface area contributed by atoms with E-state index in [-0.39, 0.29) is 0 Å². The summed E-state index contributed by atoms with van der Waals surface area (Å²) in [6.07, 6.45) is 5.90. The first-order valence-corrected chi connectivity index (χ1v) is 11.5. The third-order valence-electron chi connectivity index (χ3n) is 5.93. The summed E-state index contributed by atoms with van der Waals surface area (Å²) < 4.78 is 30.9. The van der Waals surface area contributed by atoms with E-state index in [4.69, 9.17) is 23.2 Å². The van der Waals surface area contributed by atoms with Crippen LogP contribution < -0.4 is 0 Å². The van der Waals surface area contributed by atoms with Crippen LogP contribution in [0.2, 0.25) is 10.0 Å². The maximum Gasteiger partial charge on any atom is 0.160 e. The van der Waals surface area contributed by atoms with E-state index in [0.717, 1.165) is 46.7 Å². The predicted octanol–water partition coefficient (Wildman–Crippen LogP) is 6.00. The van der Waals surface area contributed by atoms with Gasteiger partial charge in [-0.3, -0.25) is 0 Å². The zero-order valence-electron chi connectivity index (χ0n) is 16.7. The molecule has 0 radical (unpaired) electrons. The van der Waals surface area contributed by atoms with Crippen molar-refractivity contribution in [3.05, 3.63) is 81.1 Å². The Balaban J connectivity index is 1.43. The van der Waals surface area contributed by atoms with Gasteiger partial charge in [-0.1, -0.05) is 28.8 Å². The SMILES string of the molecule is O=CC12Cc3cnn(-c4ccc(F)c(F)c4)c3C=C1CCN(Sc1ccc(Cl)c(Cl)c1)C2. The van der Waals surface area contributed by atoms with E-state index in [1.54, 1.807) is 28.9 Å². The Morgan fingerprint density at radius 2 is 1.94 bits per heavy atom. The zero-order valence-corrected chi connectivity index (χ0v) is 19.0. The molecule has 2 aliphatic rings. The van der Waals surface area contributed by atoms with E-state index in [0.29, 0.717) is 35.1 Å². The van der Waals surface area contributed by atoms with Gasteiger partial charge in [-0.15, -0.1) is 0 Å². The highest BCUT2D eigenvalue weighted by Gasteiger charge is 2.43. The van der Waals surface area contributed by atoms with Gasteiger partial charge >= 0.3 is 0 Å². The van der Waals surface area contributed by atoms with Gasteiger partial charge in [0.2, 0.25) is 0 Å². The molecule has 0 spiro atoms. The molecular formula is C23H17Cl2F2N3OS. The van der Waals surface area contributed by atoms with Gasteiger partial charge in [-0.05, 0) is 66.8 Å². The molecule has 0 N–H and O–H groups in total. The molecule has 1 saturated heterocycles. The van der Waals surface area contributed by atoms with Crippen LogP contribution in [0.15, 0.2) is 53.1 Å². The van der Waals surface area contributed by atoms with E-state index in [1.165, 1.54) is 6.07 Å². The Labute approximate surface area is 197 Å². The first-order valence-electron chi connectivity index (χ1n) is 9.96. The maximum absolute atomic E-state index is 13.8. The van der Waals surface area contributed by atoms with Crippen molar-refractivity contribution in [3.8, 4) is 5.69 Å². The van der Waals surface area contributed by atoms with Crippen molar-refractivity contribution >= 4 is 47.5 Å². The number of hydrogen-bond acceptors (Lipinski definition) is 4. The number of carbonyl (C=O) groups is 1. The highest BCUT2D eigenvalue weighted by molar-refractivity contribution is 7.97. The van der Waals surface area contributed by atoms with Gasteiger partial charge in [-0.25, -0.2) is 17.8 Å². The lowest BCUT2D eigenvalue weighted by atomic mass is 9.70. The second kappa shape index (κ2) is 8.30. The Hall–Kier alpha value is -2.19. The molecule has 164 valence electrons. The lowest BCUT2D eigenvalue weighted by molar-refractivity contribution is -0.115. The number of benzene rings is 2. The summed E-state index contributed by atoms with van der Waals surface area (Å²) in [6, 6.07) is 9.18. The summed E-state index contributed by atoms with van der Waals surface area (Å²) in [6.45, 7) is 1.30. The van der Waals surface area contributed by atoms with Crippen LogP contribution in [0.25, 0.3) is 11.8 Å². The van der Waals surface area contributed by atoms with Gasteiger partial charge in [0.1, 0.15) is 6.29 Å². The highest BCUT2D eigenvalue weighted by atomic mass is 35.5. The van der Waals surface area contributed by atoms with Crippen LogP contribution >= 0.6 is 35.1 Å². The van der Waals surface area contributed by atoms with E-state index in [2.05, 4.69) is 9.40 Å². The predicted molar refractivity (Wildman–Crippen MR) is 122 cm³/mol. The van der Waals surface area contributed by atoms with Crippen LogP contribution in [0.5, 0.6) is 0 Å². The Morgan fingerprint density at radius 1 is 1.09 bits per heavy atom. The molecule has 0 bridgehead atoms. The number of hydrogen-bond donors (Lipinski definition) is 0. The topological polar surface area (TPSA) is 38.1 Å². The summed E-state index contributed by atoms with van der Waals surface area (Å²) >= 11 is 13.7. The Morgan fingerprint density at radius 3 is 2.69 bits per heavy atom. The summed E-state index contributed by atoms with van der Waals surface area (Å²) in [5.41, 5.74) is 2.50. The molecule has 0 amide bonds. The number of aromatic nitrogens is 2. The fourth-order valence-electron chi connectivity index (χ4n) is 4.30. The minimum atomic E-state index is -0.926. The monoisotopic (exact) mass is 491 g/mol. The van der Waals surface area contributed by atoms with Crippen molar-refractivity contribution in [1.82, 2.24) is 14.1 Å². The Kier molecular flexibility index (Phi) is 5.61. The van der Waals surface area contributed by atoms with Gasteiger partial charge < -0.3 is 4.79 Å². The van der Waals surface area contributed by atoms with Crippen LogP contribution in [-0.2, 0) is 11.2 Å². The number of piperidine rings is 1. The highest BCUT2D eigenvalue weighted by Crippen LogP contribution is 2.45. The molecule has 1 unspecified atom stereocenters. The molecule has 2 aromatic carbocycles. The lowest BCUT2D eigenvalue weighted by Crippen LogP contribution is -2.45. The van der Waals surface area contributed by atoms with Gasteiger partial charge in [0.25, 0.3) is 0 Å². The van der Waals surface area contributed by atoms with Gasteiger partial charge in [0.05, 0.1) is 33.0 Å².